The standard InChI is InChI=1S/C27H20INO9/c28-20-15-21(36-25(31)16-7-3-1-4-8-16)24(38-26(32)17-9-5-2-6-10-17)22(30)23(20)37-27(33)18-11-13-19(14-12-18)29(34)35/h1-15,21-24,30H/t21-,22-,23+,24-/m1/s1. The zero-order valence-corrected chi connectivity index (χ0v) is 21.7. The van der Waals surface area contributed by atoms with E-state index in [0.29, 0.717) is 3.58 Å². The van der Waals surface area contributed by atoms with E-state index in [0.717, 1.165) is 12.1 Å². The molecule has 0 aliphatic heterocycles. The Morgan fingerprint density at radius 1 is 0.737 bits per heavy atom. The molecule has 38 heavy (non-hydrogen) atoms. The molecule has 0 aromatic heterocycles. The van der Waals surface area contributed by atoms with Gasteiger partial charge in [-0.1, -0.05) is 36.4 Å². The van der Waals surface area contributed by atoms with Gasteiger partial charge in [0.15, 0.2) is 18.3 Å². The average Bonchev–Trinajstić information content (AvgIpc) is 2.93. The van der Waals surface area contributed by atoms with Crippen molar-refractivity contribution < 1.29 is 38.6 Å². The molecule has 1 N–H and O–H groups in total. The van der Waals surface area contributed by atoms with Crippen LogP contribution in [0.15, 0.2) is 94.6 Å². The fourth-order valence-corrected chi connectivity index (χ4v) is 4.52. The number of esters is 3. The molecular formula is C27H20INO9. The molecule has 194 valence electrons. The van der Waals surface area contributed by atoms with Crippen LogP contribution in [0.4, 0.5) is 5.69 Å². The number of hydrogen-bond acceptors (Lipinski definition) is 9. The second-order valence-electron chi connectivity index (χ2n) is 8.14. The number of aliphatic hydroxyl groups excluding tert-OH is 1. The van der Waals surface area contributed by atoms with Crippen LogP contribution in [0.3, 0.4) is 0 Å². The molecule has 11 heteroatoms. The van der Waals surface area contributed by atoms with Crippen LogP contribution >= 0.6 is 22.6 Å². The van der Waals surface area contributed by atoms with E-state index >= 15 is 0 Å². The molecule has 3 aromatic carbocycles. The highest BCUT2D eigenvalue weighted by atomic mass is 127. The molecule has 0 bridgehead atoms. The summed E-state index contributed by atoms with van der Waals surface area (Å²) in [5.74, 6) is -2.34. The first kappa shape index (κ1) is 26.9. The maximum atomic E-state index is 12.8. The van der Waals surface area contributed by atoms with Gasteiger partial charge in [-0.15, -0.1) is 0 Å². The van der Waals surface area contributed by atoms with E-state index in [1.807, 2.05) is 22.6 Å². The highest BCUT2D eigenvalue weighted by Crippen LogP contribution is 2.32. The van der Waals surface area contributed by atoms with E-state index in [9.17, 15) is 29.6 Å². The molecule has 0 saturated carbocycles. The second-order valence-corrected chi connectivity index (χ2v) is 9.39. The Morgan fingerprint density at radius 2 is 1.21 bits per heavy atom. The minimum absolute atomic E-state index is 0.0162. The smallest absolute Gasteiger partial charge is 0.338 e. The van der Waals surface area contributed by atoms with Crippen LogP contribution in [0.5, 0.6) is 0 Å². The summed E-state index contributed by atoms with van der Waals surface area (Å²) in [6.07, 6.45) is -4.03. The fourth-order valence-electron chi connectivity index (χ4n) is 3.67. The number of nitro groups is 1. The Kier molecular flexibility index (Phi) is 8.48. The monoisotopic (exact) mass is 629 g/mol. The van der Waals surface area contributed by atoms with Gasteiger partial charge in [0.2, 0.25) is 0 Å². The van der Waals surface area contributed by atoms with E-state index < -0.39 is 47.2 Å². The Balaban J connectivity index is 1.59. The molecule has 0 spiro atoms. The van der Waals surface area contributed by atoms with Crippen molar-refractivity contribution in [1.82, 2.24) is 0 Å². The molecule has 0 heterocycles. The minimum Gasteiger partial charge on any atom is -0.451 e. The van der Waals surface area contributed by atoms with Crippen LogP contribution in [-0.2, 0) is 14.2 Å². The Hall–Kier alpha value is -4.10. The van der Waals surface area contributed by atoms with Gasteiger partial charge in [0.1, 0.15) is 6.10 Å². The van der Waals surface area contributed by atoms with Crippen LogP contribution in [-0.4, -0.2) is 52.4 Å². The van der Waals surface area contributed by atoms with Crippen LogP contribution in [0.1, 0.15) is 31.1 Å². The minimum atomic E-state index is -1.60. The fraction of sp³-hybridized carbons (Fsp3) is 0.148. The first-order valence-corrected chi connectivity index (χ1v) is 12.3. The normalized spacial score (nSPS) is 20.5. The van der Waals surface area contributed by atoms with Crippen LogP contribution in [0, 0.1) is 10.1 Å². The number of rotatable bonds is 7. The molecular weight excluding hydrogens is 609 g/mol. The highest BCUT2D eigenvalue weighted by molar-refractivity contribution is 14.1. The number of halogens is 1. The predicted octanol–water partition coefficient (Wildman–Crippen LogP) is 4.26. The van der Waals surface area contributed by atoms with Crippen molar-refractivity contribution in [2.24, 2.45) is 0 Å². The van der Waals surface area contributed by atoms with Crippen molar-refractivity contribution in [3.63, 3.8) is 0 Å². The number of carbonyl (C=O) groups is 3. The van der Waals surface area contributed by atoms with Crippen molar-refractivity contribution in [3.05, 3.63) is 121 Å². The first-order valence-electron chi connectivity index (χ1n) is 11.3. The molecule has 0 fully saturated rings. The van der Waals surface area contributed by atoms with Gasteiger partial charge in [0, 0.05) is 15.7 Å². The van der Waals surface area contributed by atoms with Gasteiger partial charge in [0.05, 0.1) is 21.6 Å². The third-order valence-corrected chi connectivity index (χ3v) is 6.59. The SMILES string of the molecule is O=C(O[C@H]1[C@H](O)[C@@H](OC(=O)c2ccc([N+](=O)[O-])cc2)C(I)=C[C@H]1OC(=O)c1ccccc1)c1ccccc1. The summed E-state index contributed by atoms with van der Waals surface area (Å²) in [6, 6.07) is 20.9. The Bertz CT molecular complexity index is 1360. The van der Waals surface area contributed by atoms with E-state index in [-0.39, 0.29) is 22.4 Å². The van der Waals surface area contributed by atoms with E-state index in [1.54, 1.807) is 48.5 Å². The van der Waals surface area contributed by atoms with Crippen molar-refractivity contribution in [2.75, 3.05) is 0 Å². The van der Waals surface area contributed by atoms with E-state index in [2.05, 4.69) is 0 Å². The van der Waals surface area contributed by atoms with Crippen LogP contribution < -0.4 is 0 Å². The summed E-state index contributed by atoms with van der Waals surface area (Å²) >= 11 is 1.84. The van der Waals surface area contributed by atoms with Crippen molar-refractivity contribution in [3.8, 4) is 0 Å². The highest BCUT2D eigenvalue weighted by Gasteiger charge is 2.45. The van der Waals surface area contributed by atoms with E-state index in [4.69, 9.17) is 14.2 Å². The number of hydrogen-bond donors (Lipinski definition) is 1. The lowest BCUT2D eigenvalue weighted by atomic mass is 9.95. The van der Waals surface area contributed by atoms with Gasteiger partial charge in [-0.2, -0.15) is 0 Å². The summed E-state index contributed by atoms with van der Waals surface area (Å²) in [5, 5.41) is 22.1. The number of nitrogens with zero attached hydrogens (tertiary/aromatic N) is 1. The lowest BCUT2D eigenvalue weighted by molar-refractivity contribution is -0.384. The third-order valence-electron chi connectivity index (χ3n) is 5.62. The van der Waals surface area contributed by atoms with Crippen LogP contribution in [0.25, 0.3) is 0 Å². The van der Waals surface area contributed by atoms with Crippen molar-refractivity contribution >= 4 is 46.2 Å². The number of non-ortho nitro benzene ring substituents is 1. The lowest BCUT2D eigenvalue weighted by Crippen LogP contribution is -2.52. The van der Waals surface area contributed by atoms with Gasteiger partial charge in [-0.25, -0.2) is 14.4 Å². The van der Waals surface area contributed by atoms with Gasteiger partial charge in [-0.3, -0.25) is 10.1 Å². The average molecular weight is 629 g/mol. The number of nitro benzene ring substituents is 1. The first-order chi connectivity index (χ1) is 18.2. The topological polar surface area (TPSA) is 142 Å². The molecule has 0 unspecified atom stereocenters. The molecule has 0 saturated heterocycles. The largest absolute Gasteiger partial charge is 0.451 e. The van der Waals surface area contributed by atoms with Crippen molar-refractivity contribution in [2.45, 2.75) is 24.4 Å². The van der Waals surface area contributed by atoms with Crippen LogP contribution in [0.2, 0.25) is 0 Å². The molecule has 1 aliphatic rings. The van der Waals surface area contributed by atoms with Gasteiger partial charge in [0.25, 0.3) is 5.69 Å². The molecule has 3 aromatic rings. The Morgan fingerprint density at radius 3 is 1.74 bits per heavy atom. The lowest BCUT2D eigenvalue weighted by Gasteiger charge is -2.36. The summed E-state index contributed by atoms with van der Waals surface area (Å²) in [4.78, 5) is 48.6. The Labute approximate surface area is 230 Å². The summed E-state index contributed by atoms with van der Waals surface area (Å²) < 4.78 is 17.0. The molecule has 4 rings (SSSR count). The summed E-state index contributed by atoms with van der Waals surface area (Å²) in [6.45, 7) is 0. The number of carbonyl (C=O) groups excluding carboxylic acids is 3. The molecule has 0 radical (unpaired) electrons. The maximum Gasteiger partial charge on any atom is 0.338 e. The molecule has 10 nitrogen and oxygen atoms in total. The third kappa shape index (κ3) is 6.23. The number of benzene rings is 3. The number of ether oxygens (including phenoxy) is 3. The summed E-state index contributed by atoms with van der Waals surface area (Å²) in [7, 11) is 0. The molecule has 0 amide bonds. The number of aliphatic hydroxyl groups is 1. The van der Waals surface area contributed by atoms with Gasteiger partial charge >= 0.3 is 17.9 Å². The van der Waals surface area contributed by atoms with Crippen molar-refractivity contribution in [1.29, 1.82) is 0 Å². The van der Waals surface area contributed by atoms with E-state index in [1.165, 1.54) is 30.3 Å². The molecule has 4 atom stereocenters. The van der Waals surface area contributed by atoms with Gasteiger partial charge in [-0.05, 0) is 65.1 Å². The van der Waals surface area contributed by atoms with Gasteiger partial charge < -0.3 is 19.3 Å². The predicted molar refractivity (Wildman–Crippen MR) is 142 cm³/mol. The second kappa shape index (κ2) is 12.0. The molecule has 1 aliphatic carbocycles. The quantitative estimate of drug-likeness (QED) is 0.133. The zero-order valence-electron chi connectivity index (χ0n) is 19.5. The maximum absolute atomic E-state index is 12.8. The zero-order chi connectivity index (χ0) is 27.2. The summed E-state index contributed by atoms with van der Waals surface area (Å²) in [5.41, 5.74) is 0.272.